The van der Waals surface area contributed by atoms with E-state index in [1.165, 1.54) is 11.8 Å². The number of thioether (sulfide) groups is 1. The van der Waals surface area contributed by atoms with Crippen molar-refractivity contribution in [2.45, 2.75) is 17.8 Å². The first-order chi connectivity index (χ1) is 13.0. The summed E-state index contributed by atoms with van der Waals surface area (Å²) in [6, 6.07) is 12.8. The third-order valence-corrected chi connectivity index (χ3v) is 5.53. The molecular formula is C19H16ClN5OS. The van der Waals surface area contributed by atoms with E-state index >= 15 is 0 Å². The molecule has 0 N–H and O–H groups in total. The van der Waals surface area contributed by atoms with Gasteiger partial charge in [-0.15, -0.1) is 10.2 Å². The first kappa shape index (κ1) is 17.8. The number of pyridine rings is 1. The van der Waals surface area contributed by atoms with Crippen molar-refractivity contribution < 1.29 is 0 Å². The lowest BCUT2D eigenvalue weighted by molar-refractivity contribution is 0.793. The fraction of sp³-hybridized carbons (Fsp3) is 0.158. The Labute approximate surface area is 164 Å². The van der Waals surface area contributed by atoms with Gasteiger partial charge in [0.05, 0.1) is 5.69 Å². The molecule has 0 atom stereocenters. The number of hydrogen-bond donors (Lipinski definition) is 0. The van der Waals surface area contributed by atoms with E-state index < -0.39 is 0 Å². The minimum absolute atomic E-state index is 0.0841. The Balaban J connectivity index is 1.59. The Morgan fingerprint density at radius 2 is 1.93 bits per heavy atom. The molecule has 1 aromatic carbocycles. The molecule has 0 spiro atoms. The molecule has 3 heterocycles. The van der Waals surface area contributed by atoms with Crippen molar-refractivity contribution in [3.05, 3.63) is 75.3 Å². The summed E-state index contributed by atoms with van der Waals surface area (Å²) in [5.74, 6) is 1.30. The number of aromatic nitrogens is 5. The molecule has 0 amide bonds. The topological polar surface area (TPSA) is 65.1 Å². The van der Waals surface area contributed by atoms with E-state index in [-0.39, 0.29) is 5.56 Å². The molecule has 136 valence electrons. The first-order valence-electron chi connectivity index (χ1n) is 8.29. The summed E-state index contributed by atoms with van der Waals surface area (Å²) < 4.78 is 3.48. The number of halogens is 1. The van der Waals surface area contributed by atoms with Crippen LogP contribution < -0.4 is 5.56 Å². The van der Waals surface area contributed by atoms with E-state index in [1.54, 1.807) is 16.7 Å². The summed E-state index contributed by atoms with van der Waals surface area (Å²) in [5.41, 5.74) is 3.22. The Kier molecular flexibility index (Phi) is 4.72. The second-order valence-corrected chi connectivity index (χ2v) is 7.51. The SMILES string of the molecule is Cc1cccn2c(=O)cc(CSc3nnc(-c4ccc(Cl)cc4)n3C)nc12. The van der Waals surface area contributed by atoms with Crippen LogP contribution in [0.15, 0.2) is 58.6 Å². The monoisotopic (exact) mass is 397 g/mol. The minimum atomic E-state index is -0.0841. The number of hydrogen-bond acceptors (Lipinski definition) is 5. The lowest BCUT2D eigenvalue weighted by Gasteiger charge is -2.06. The van der Waals surface area contributed by atoms with Crippen LogP contribution in [-0.4, -0.2) is 24.1 Å². The average molecular weight is 398 g/mol. The molecule has 0 unspecified atom stereocenters. The zero-order valence-corrected chi connectivity index (χ0v) is 16.3. The lowest BCUT2D eigenvalue weighted by atomic mass is 10.2. The molecule has 8 heteroatoms. The van der Waals surface area contributed by atoms with E-state index in [1.807, 2.05) is 54.9 Å². The van der Waals surface area contributed by atoms with Gasteiger partial charge in [-0.3, -0.25) is 9.20 Å². The van der Waals surface area contributed by atoms with Gasteiger partial charge >= 0.3 is 0 Å². The number of nitrogens with zero attached hydrogens (tertiary/aromatic N) is 5. The third kappa shape index (κ3) is 3.48. The fourth-order valence-electron chi connectivity index (χ4n) is 2.81. The highest BCUT2D eigenvalue weighted by molar-refractivity contribution is 7.98. The predicted molar refractivity (Wildman–Crippen MR) is 107 cm³/mol. The summed E-state index contributed by atoms with van der Waals surface area (Å²) in [6.07, 6.45) is 1.73. The van der Waals surface area contributed by atoms with Gasteiger partial charge < -0.3 is 4.57 Å². The van der Waals surface area contributed by atoms with Gasteiger partial charge in [-0.25, -0.2) is 4.98 Å². The van der Waals surface area contributed by atoms with Crippen molar-refractivity contribution in [3.8, 4) is 11.4 Å². The van der Waals surface area contributed by atoms with Gasteiger partial charge in [0.25, 0.3) is 5.56 Å². The second-order valence-electron chi connectivity index (χ2n) is 6.13. The standard InChI is InChI=1S/C19H16ClN5OS/c1-12-4-3-9-25-16(26)10-15(21-17(12)25)11-27-19-23-22-18(24(19)2)13-5-7-14(20)8-6-13/h3-10H,11H2,1-2H3. The molecule has 0 aliphatic heterocycles. The van der Waals surface area contributed by atoms with Crippen LogP contribution in [0.1, 0.15) is 11.3 Å². The molecule has 3 aromatic heterocycles. The van der Waals surface area contributed by atoms with Crippen LogP contribution in [0, 0.1) is 6.92 Å². The lowest BCUT2D eigenvalue weighted by Crippen LogP contribution is -2.15. The number of aryl methyl sites for hydroxylation is 1. The highest BCUT2D eigenvalue weighted by Crippen LogP contribution is 2.25. The van der Waals surface area contributed by atoms with Gasteiger partial charge in [0.2, 0.25) is 0 Å². The zero-order valence-electron chi connectivity index (χ0n) is 14.8. The van der Waals surface area contributed by atoms with Gasteiger partial charge in [0.15, 0.2) is 11.0 Å². The van der Waals surface area contributed by atoms with E-state index in [9.17, 15) is 4.79 Å². The summed E-state index contributed by atoms with van der Waals surface area (Å²) in [4.78, 5) is 16.9. The molecule has 0 aliphatic carbocycles. The second kappa shape index (κ2) is 7.17. The van der Waals surface area contributed by atoms with Gasteiger partial charge in [0.1, 0.15) is 5.65 Å². The van der Waals surface area contributed by atoms with E-state index in [0.29, 0.717) is 16.4 Å². The van der Waals surface area contributed by atoms with Crippen LogP contribution in [0.5, 0.6) is 0 Å². The maximum absolute atomic E-state index is 12.3. The number of fused-ring (bicyclic) bond motifs is 1. The summed E-state index contributed by atoms with van der Waals surface area (Å²) in [6.45, 7) is 1.94. The van der Waals surface area contributed by atoms with E-state index in [2.05, 4.69) is 15.2 Å². The van der Waals surface area contributed by atoms with Crippen LogP contribution in [0.25, 0.3) is 17.0 Å². The Morgan fingerprint density at radius 3 is 2.70 bits per heavy atom. The van der Waals surface area contributed by atoms with Crippen molar-refractivity contribution in [1.82, 2.24) is 24.1 Å². The van der Waals surface area contributed by atoms with Crippen molar-refractivity contribution >= 4 is 29.0 Å². The summed E-state index contributed by atoms with van der Waals surface area (Å²) in [7, 11) is 1.92. The predicted octanol–water partition coefficient (Wildman–Crippen LogP) is 3.74. The smallest absolute Gasteiger partial charge is 0.258 e. The fourth-order valence-corrected chi connectivity index (χ4v) is 3.74. The summed E-state index contributed by atoms with van der Waals surface area (Å²) >= 11 is 7.44. The van der Waals surface area contributed by atoms with Crippen LogP contribution in [0.2, 0.25) is 5.02 Å². The number of rotatable bonds is 4. The van der Waals surface area contributed by atoms with Gasteiger partial charge in [-0.2, -0.15) is 0 Å². The third-order valence-electron chi connectivity index (χ3n) is 4.23. The van der Waals surface area contributed by atoms with Crippen LogP contribution >= 0.6 is 23.4 Å². The van der Waals surface area contributed by atoms with E-state index in [4.69, 9.17) is 11.6 Å². The molecule has 0 fully saturated rings. The van der Waals surface area contributed by atoms with Gasteiger partial charge in [-0.1, -0.05) is 29.4 Å². The van der Waals surface area contributed by atoms with Crippen LogP contribution in [0.3, 0.4) is 0 Å². The van der Waals surface area contributed by atoms with E-state index in [0.717, 1.165) is 27.8 Å². The largest absolute Gasteiger partial charge is 0.305 e. The summed E-state index contributed by atoms with van der Waals surface area (Å²) in [5, 5.41) is 9.97. The van der Waals surface area contributed by atoms with Crippen LogP contribution in [-0.2, 0) is 12.8 Å². The van der Waals surface area contributed by atoms with Crippen molar-refractivity contribution in [2.75, 3.05) is 0 Å². The average Bonchev–Trinajstić information content (AvgIpc) is 3.02. The molecule has 4 rings (SSSR count). The number of benzene rings is 1. The first-order valence-corrected chi connectivity index (χ1v) is 9.65. The van der Waals surface area contributed by atoms with Gasteiger partial charge in [-0.05, 0) is 42.8 Å². The van der Waals surface area contributed by atoms with Crippen molar-refractivity contribution in [3.63, 3.8) is 0 Å². The quantitative estimate of drug-likeness (QED) is 0.491. The Bertz CT molecular complexity index is 1180. The molecule has 0 radical (unpaired) electrons. The Hall–Kier alpha value is -2.64. The van der Waals surface area contributed by atoms with Gasteiger partial charge in [0, 0.05) is 35.6 Å². The molecule has 0 bridgehead atoms. The molecule has 0 aliphatic rings. The normalized spacial score (nSPS) is 11.2. The van der Waals surface area contributed by atoms with Crippen molar-refractivity contribution in [1.29, 1.82) is 0 Å². The molecule has 27 heavy (non-hydrogen) atoms. The molecule has 4 aromatic rings. The molecule has 0 saturated carbocycles. The van der Waals surface area contributed by atoms with Crippen LogP contribution in [0.4, 0.5) is 0 Å². The highest BCUT2D eigenvalue weighted by Gasteiger charge is 2.12. The maximum atomic E-state index is 12.3. The zero-order chi connectivity index (χ0) is 19.0. The molecule has 0 saturated heterocycles. The highest BCUT2D eigenvalue weighted by atomic mass is 35.5. The van der Waals surface area contributed by atoms with Crippen molar-refractivity contribution in [2.24, 2.45) is 7.05 Å². The molecular weight excluding hydrogens is 382 g/mol. The molecule has 6 nitrogen and oxygen atoms in total. The minimum Gasteiger partial charge on any atom is -0.305 e. The Morgan fingerprint density at radius 1 is 1.15 bits per heavy atom. The maximum Gasteiger partial charge on any atom is 0.258 e.